The predicted molar refractivity (Wildman–Crippen MR) is 116 cm³/mol. The zero-order valence-electron chi connectivity index (χ0n) is 19.2. The van der Waals surface area contributed by atoms with Crippen LogP contribution < -0.4 is 15.4 Å². The molecule has 2 rings (SSSR count). The molecular formula is C22H32N2O9. The van der Waals surface area contributed by atoms with Crippen molar-refractivity contribution < 1.29 is 43.9 Å². The number of esters is 1. The maximum Gasteiger partial charge on any atom is 0.333 e. The summed E-state index contributed by atoms with van der Waals surface area (Å²) in [4.78, 5) is 35.6. The third-order valence-electron chi connectivity index (χ3n) is 4.85. The molecule has 0 spiro atoms. The van der Waals surface area contributed by atoms with Gasteiger partial charge in [0.05, 0.1) is 17.2 Å². The van der Waals surface area contributed by atoms with Gasteiger partial charge in [0.15, 0.2) is 6.10 Å². The minimum atomic E-state index is -1.50. The minimum Gasteiger partial charge on any atom is -0.479 e. The van der Waals surface area contributed by atoms with E-state index >= 15 is 0 Å². The van der Waals surface area contributed by atoms with Gasteiger partial charge in [-0.2, -0.15) is 0 Å². The monoisotopic (exact) mass is 468 g/mol. The first-order chi connectivity index (χ1) is 15.4. The van der Waals surface area contributed by atoms with Crippen LogP contribution in [0.5, 0.6) is 5.75 Å². The molecule has 184 valence electrons. The largest absolute Gasteiger partial charge is 0.479 e. The SMILES string of the molecule is CNCCC(=O)Nc1cc(COC(=O)C(C)(C)C)ccc1O[C@H]1O[C@H](C(=O)O)CC(O)[C@H]1O. The van der Waals surface area contributed by atoms with Crippen LogP contribution in [0.1, 0.15) is 39.2 Å². The van der Waals surface area contributed by atoms with Crippen LogP contribution in [0.2, 0.25) is 0 Å². The summed E-state index contributed by atoms with van der Waals surface area (Å²) in [7, 11) is 1.71. The van der Waals surface area contributed by atoms with Crippen molar-refractivity contribution in [1.82, 2.24) is 5.32 Å². The zero-order valence-corrected chi connectivity index (χ0v) is 19.2. The summed E-state index contributed by atoms with van der Waals surface area (Å²) in [6, 6.07) is 4.61. The smallest absolute Gasteiger partial charge is 0.333 e. The van der Waals surface area contributed by atoms with Crippen LogP contribution in [0, 0.1) is 5.41 Å². The van der Waals surface area contributed by atoms with Crippen molar-refractivity contribution in [3.8, 4) is 5.75 Å². The van der Waals surface area contributed by atoms with Crippen molar-refractivity contribution >= 4 is 23.5 Å². The summed E-state index contributed by atoms with van der Waals surface area (Å²) in [5.74, 6) is -1.94. The molecule has 1 saturated heterocycles. The molecule has 1 aromatic rings. The fraction of sp³-hybridized carbons (Fsp3) is 0.591. The number of carboxylic acids is 1. The molecule has 1 aliphatic heterocycles. The number of nitrogens with one attached hydrogen (secondary N) is 2. The molecule has 5 N–H and O–H groups in total. The molecule has 1 amide bonds. The molecular weight excluding hydrogens is 436 g/mol. The number of hydrogen-bond acceptors (Lipinski definition) is 9. The average molecular weight is 469 g/mol. The zero-order chi connectivity index (χ0) is 24.8. The van der Waals surface area contributed by atoms with E-state index in [0.29, 0.717) is 12.1 Å². The first-order valence-corrected chi connectivity index (χ1v) is 10.6. The Morgan fingerprint density at radius 2 is 1.91 bits per heavy atom. The van der Waals surface area contributed by atoms with Gasteiger partial charge in [0.1, 0.15) is 18.5 Å². The molecule has 1 unspecified atom stereocenters. The fourth-order valence-electron chi connectivity index (χ4n) is 2.90. The van der Waals surface area contributed by atoms with Crippen LogP contribution in [0.15, 0.2) is 18.2 Å². The second kappa shape index (κ2) is 11.4. The molecule has 11 nitrogen and oxygen atoms in total. The van der Waals surface area contributed by atoms with Crippen LogP contribution >= 0.6 is 0 Å². The van der Waals surface area contributed by atoms with Gasteiger partial charge in [0, 0.05) is 19.4 Å². The third-order valence-corrected chi connectivity index (χ3v) is 4.85. The lowest BCUT2D eigenvalue weighted by Gasteiger charge is -2.35. The van der Waals surface area contributed by atoms with E-state index in [2.05, 4.69) is 10.6 Å². The Morgan fingerprint density at radius 1 is 1.21 bits per heavy atom. The normalized spacial score (nSPS) is 23.0. The molecule has 11 heteroatoms. The van der Waals surface area contributed by atoms with Gasteiger partial charge in [-0.15, -0.1) is 0 Å². The number of carbonyl (C=O) groups is 3. The first kappa shape index (κ1) is 26.5. The van der Waals surface area contributed by atoms with Crippen LogP contribution in [0.4, 0.5) is 5.69 Å². The van der Waals surface area contributed by atoms with Gasteiger partial charge in [0.2, 0.25) is 12.2 Å². The Hall–Kier alpha value is -2.73. The number of aliphatic hydroxyl groups excluding tert-OH is 2. The van der Waals surface area contributed by atoms with Crippen molar-refractivity contribution in [1.29, 1.82) is 0 Å². The van der Waals surface area contributed by atoms with Gasteiger partial charge < -0.3 is 40.2 Å². The van der Waals surface area contributed by atoms with E-state index in [-0.39, 0.29) is 36.8 Å². The highest BCUT2D eigenvalue weighted by atomic mass is 16.7. The van der Waals surface area contributed by atoms with Gasteiger partial charge in [-0.05, 0) is 45.5 Å². The van der Waals surface area contributed by atoms with E-state index in [0.717, 1.165) is 0 Å². The van der Waals surface area contributed by atoms with Gasteiger partial charge >= 0.3 is 11.9 Å². The summed E-state index contributed by atoms with van der Waals surface area (Å²) in [5.41, 5.74) is 0.101. The van der Waals surface area contributed by atoms with Crippen LogP contribution in [-0.2, 0) is 30.5 Å². The quantitative estimate of drug-likeness (QED) is 0.325. The number of carboxylic acid groups (broad SMARTS) is 1. The van der Waals surface area contributed by atoms with Gasteiger partial charge in [-0.1, -0.05) is 6.07 Å². The summed E-state index contributed by atoms with van der Waals surface area (Å²) in [6.45, 7) is 5.58. The Labute approximate surface area is 192 Å². The number of rotatable bonds is 9. The maximum atomic E-state index is 12.3. The van der Waals surface area contributed by atoms with E-state index in [1.165, 1.54) is 6.07 Å². The molecule has 1 fully saturated rings. The first-order valence-electron chi connectivity index (χ1n) is 10.6. The number of benzene rings is 1. The van der Waals surface area contributed by atoms with Crippen molar-refractivity contribution in [2.24, 2.45) is 5.41 Å². The number of ether oxygens (including phenoxy) is 3. The molecule has 0 aromatic heterocycles. The molecule has 4 atom stereocenters. The lowest BCUT2D eigenvalue weighted by molar-refractivity contribution is -0.238. The molecule has 0 saturated carbocycles. The Balaban J connectivity index is 2.24. The average Bonchev–Trinajstić information content (AvgIpc) is 2.74. The van der Waals surface area contributed by atoms with Crippen molar-refractivity contribution in [2.45, 2.75) is 64.8 Å². The summed E-state index contributed by atoms with van der Waals surface area (Å²) in [6.07, 6.45) is -5.83. The van der Waals surface area contributed by atoms with E-state index < -0.39 is 42.0 Å². The molecule has 0 bridgehead atoms. The van der Waals surface area contributed by atoms with Crippen molar-refractivity contribution in [3.63, 3.8) is 0 Å². The number of amides is 1. The van der Waals surface area contributed by atoms with Crippen molar-refractivity contribution in [2.75, 3.05) is 18.9 Å². The molecule has 0 radical (unpaired) electrons. The predicted octanol–water partition coefficient (Wildman–Crippen LogP) is 0.624. The molecule has 1 aliphatic rings. The topological polar surface area (TPSA) is 164 Å². The Bertz CT molecular complexity index is 853. The molecule has 1 aromatic carbocycles. The molecule has 0 aliphatic carbocycles. The highest BCUT2D eigenvalue weighted by molar-refractivity contribution is 5.92. The van der Waals surface area contributed by atoms with Crippen LogP contribution in [-0.4, -0.2) is 71.4 Å². The van der Waals surface area contributed by atoms with Gasteiger partial charge in [-0.3, -0.25) is 9.59 Å². The number of aliphatic hydroxyl groups is 2. The number of carbonyl (C=O) groups excluding carboxylic acids is 2. The van der Waals surface area contributed by atoms with Crippen LogP contribution in [0.3, 0.4) is 0 Å². The highest BCUT2D eigenvalue weighted by Crippen LogP contribution is 2.31. The summed E-state index contributed by atoms with van der Waals surface area (Å²) >= 11 is 0. The molecule has 33 heavy (non-hydrogen) atoms. The second-order valence-corrected chi connectivity index (χ2v) is 8.80. The van der Waals surface area contributed by atoms with Crippen LogP contribution in [0.25, 0.3) is 0 Å². The van der Waals surface area contributed by atoms with E-state index in [1.54, 1.807) is 40.0 Å². The summed E-state index contributed by atoms with van der Waals surface area (Å²) in [5, 5.41) is 35.0. The fourth-order valence-corrected chi connectivity index (χ4v) is 2.90. The number of hydrogen-bond donors (Lipinski definition) is 5. The van der Waals surface area contributed by atoms with E-state index in [9.17, 15) is 29.7 Å². The molecule has 1 heterocycles. The van der Waals surface area contributed by atoms with E-state index in [1.807, 2.05) is 0 Å². The second-order valence-electron chi connectivity index (χ2n) is 8.80. The maximum absolute atomic E-state index is 12.3. The standard InChI is InChI=1S/C22H32N2O9/c1-22(2,3)21(30)31-11-12-5-6-15(13(9-12)24-17(26)7-8-23-4)32-20-18(27)14(25)10-16(33-20)19(28)29/h5-6,9,14,16,18,20,23,25,27H,7-8,10-11H2,1-4H3,(H,24,26)(H,28,29)/t14?,16-,18+,20-/m0/s1. The Morgan fingerprint density at radius 3 is 2.52 bits per heavy atom. The number of aliphatic carboxylic acids is 1. The summed E-state index contributed by atoms with van der Waals surface area (Å²) < 4.78 is 16.3. The van der Waals surface area contributed by atoms with E-state index in [4.69, 9.17) is 14.2 Å². The lowest BCUT2D eigenvalue weighted by Crippen LogP contribution is -2.52. The van der Waals surface area contributed by atoms with Crippen molar-refractivity contribution in [3.05, 3.63) is 23.8 Å². The minimum absolute atomic E-state index is 0.0435. The highest BCUT2D eigenvalue weighted by Gasteiger charge is 2.41. The number of anilines is 1. The lowest BCUT2D eigenvalue weighted by atomic mass is 9.97. The van der Waals surface area contributed by atoms with Gasteiger partial charge in [-0.25, -0.2) is 4.79 Å². The third kappa shape index (κ3) is 7.67. The van der Waals surface area contributed by atoms with Gasteiger partial charge in [0.25, 0.3) is 0 Å². The Kier molecular flexibility index (Phi) is 9.17.